The van der Waals surface area contributed by atoms with Crippen LogP contribution in [0.2, 0.25) is 0 Å². The molecule has 0 aliphatic heterocycles. The van der Waals surface area contributed by atoms with Crippen LogP contribution in [0.15, 0.2) is 41.8 Å². The topological polar surface area (TPSA) is 101 Å². The molecule has 0 unspecified atom stereocenters. The first kappa shape index (κ1) is 14.2. The highest BCUT2D eigenvalue weighted by atomic mass is 32.2. The average Bonchev–Trinajstić information content (AvgIpc) is 3.00. The highest BCUT2D eigenvalue weighted by Crippen LogP contribution is 2.08. The number of nitrogens with one attached hydrogen (secondary N) is 2. The number of rotatable bonds is 5. The fraction of sp³-hybridized carbons (Fsp3) is 0.167. The van der Waals surface area contributed by atoms with Gasteiger partial charge in [0.05, 0.1) is 25.2 Å². The Labute approximate surface area is 116 Å². The summed E-state index contributed by atoms with van der Waals surface area (Å²) in [5.41, 5.74) is 1.13. The lowest BCUT2D eigenvalue weighted by Gasteiger charge is -2.05. The number of ether oxygens (including phenoxy) is 1. The molecule has 2 aromatic rings. The molecule has 1 aromatic carbocycles. The Balaban J connectivity index is 2.03. The van der Waals surface area contributed by atoms with Crippen molar-refractivity contribution in [2.75, 3.05) is 7.11 Å². The molecule has 7 nitrogen and oxygen atoms in total. The summed E-state index contributed by atoms with van der Waals surface area (Å²) in [7, 11) is -2.31. The lowest BCUT2D eigenvalue weighted by molar-refractivity contribution is 0.0600. The molecule has 0 amide bonds. The van der Waals surface area contributed by atoms with Gasteiger partial charge in [0.15, 0.2) is 5.03 Å². The van der Waals surface area contributed by atoms with E-state index in [0.29, 0.717) is 5.56 Å². The van der Waals surface area contributed by atoms with Gasteiger partial charge in [-0.05, 0) is 17.7 Å². The van der Waals surface area contributed by atoms with Gasteiger partial charge in [-0.15, -0.1) is 0 Å². The van der Waals surface area contributed by atoms with Crippen molar-refractivity contribution in [2.45, 2.75) is 11.6 Å². The third-order valence-electron chi connectivity index (χ3n) is 2.60. The Hall–Kier alpha value is -2.19. The van der Waals surface area contributed by atoms with Crippen LogP contribution < -0.4 is 4.72 Å². The Morgan fingerprint density at radius 1 is 1.35 bits per heavy atom. The highest BCUT2D eigenvalue weighted by Gasteiger charge is 2.14. The number of H-pyrrole nitrogens is 1. The molecule has 8 heteroatoms. The van der Waals surface area contributed by atoms with E-state index in [1.165, 1.54) is 19.6 Å². The van der Waals surface area contributed by atoms with Crippen molar-refractivity contribution in [3.63, 3.8) is 0 Å². The third-order valence-corrected chi connectivity index (χ3v) is 3.93. The molecular weight excluding hydrogens is 282 g/mol. The van der Waals surface area contributed by atoms with E-state index in [-0.39, 0.29) is 11.6 Å². The number of imidazole rings is 1. The summed E-state index contributed by atoms with van der Waals surface area (Å²) in [5, 5.41) is 0.00341. The minimum absolute atomic E-state index is 0.00341. The summed E-state index contributed by atoms with van der Waals surface area (Å²) in [6, 6.07) is 6.46. The molecule has 0 aliphatic carbocycles. The number of esters is 1. The van der Waals surface area contributed by atoms with Crippen LogP contribution >= 0.6 is 0 Å². The molecule has 1 aromatic heterocycles. The van der Waals surface area contributed by atoms with Gasteiger partial charge in [0.1, 0.15) is 0 Å². The van der Waals surface area contributed by atoms with E-state index in [4.69, 9.17) is 0 Å². The molecule has 0 bridgehead atoms. The van der Waals surface area contributed by atoms with Gasteiger partial charge in [0.2, 0.25) is 0 Å². The number of carbonyl (C=O) groups is 1. The Kier molecular flexibility index (Phi) is 4.16. The summed E-state index contributed by atoms with van der Waals surface area (Å²) < 4.78 is 30.7. The van der Waals surface area contributed by atoms with Crippen LogP contribution in [-0.2, 0) is 21.3 Å². The normalized spacial score (nSPS) is 11.2. The number of nitrogens with zero attached hydrogens (tertiary/aromatic N) is 1. The van der Waals surface area contributed by atoms with Crippen molar-refractivity contribution >= 4 is 16.0 Å². The number of sulfonamides is 1. The number of aromatic nitrogens is 2. The number of hydrogen-bond acceptors (Lipinski definition) is 5. The minimum Gasteiger partial charge on any atom is -0.465 e. The molecule has 0 atom stereocenters. The summed E-state index contributed by atoms with van der Waals surface area (Å²) in [4.78, 5) is 17.4. The summed E-state index contributed by atoms with van der Waals surface area (Å²) in [5.74, 6) is -0.436. The second-order valence-electron chi connectivity index (χ2n) is 3.93. The van der Waals surface area contributed by atoms with Gasteiger partial charge in [-0.1, -0.05) is 12.1 Å². The first-order chi connectivity index (χ1) is 9.53. The van der Waals surface area contributed by atoms with Gasteiger partial charge < -0.3 is 9.72 Å². The molecule has 0 saturated carbocycles. The van der Waals surface area contributed by atoms with Crippen molar-refractivity contribution in [3.05, 3.63) is 47.9 Å². The monoisotopic (exact) mass is 295 g/mol. The lowest BCUT2D eigenvalue weighted by atomic mass is 10.1. The molecule has 0 fully saturated rings. The number of benzene rings is 1. The number of aromatic amines is 1. The van der Waals surface area contributed by atoms with Crippen LogP contribution in [0.5, 0.6) is 0 Å². The van der Waals surface area contributed by atoms with Gasteiger partial charge in [0.25, 0.3) is 10.0 Å². The SMILES string of the molecule is COC(=O)c1ccc(CNS(=O)(=O)c2cnc[nH]2)cc1. The van der Waals surface area contributed by atoms with Gasteiger partial charge in [-0.3, -0.25) is 0 Å². The second-order valence-corrected chi connectivity index (χ2v) is 5.66. The Morgan fingerprint density at radius 2 is 2.05 bits per heavy atom. The van der Waals surface area contributed by atoms with Gasteiger partial charge in [0, 0.05) is 6.54 Å². The quantitative estimate of drug-likeness (QED) is 0.790. The first-order valence-electron chi connectivity index (χ1n) is 5.68. The van der Waals surface area contributed by atoms with Crippen molar-refractivity contribution < 1.29 is 17.9 Å². The lowest BCUT2D eigenvalue weighted by Crippen LogP contribution is -2.23. The van der Waals surface area contributed by atoms with Crippen LogP contribution in [0.25, 0.3) is 0 Å². The van der Waals surface area contributed by atoms with Crippen molar-refractivity contribution in [1.29, 1.82) is 0 Å². The Bertz CT molecular complexity index is 678. The highest BCUT2D eigenvalue weighted by molar-refractivity contribution is 7.89. The molecule has 0 aliphatic rings. The van der Waals surface area contributed by atoms with E-state index >= 15 is 0 Å². The molecule has 20 heavy (non-hydrogen) atoms. The maximum atomic E-state index is 11.8. The fourth-order valence-electron chi connectivity index (χ4n) is 1.52. The smallest absolute Gasteiger partial charge is 0.337 e. The zero-order chi connectivity index (χ0) is 14.6. The molecule has 1 heterocycles. The van der Waals surface area contributed by atoms with E-state index < -0.39 is 16.0 Å². The summed E-state index contributed by atoms with van der Waals surface area (Å²) >= 11 is 0. The van der Waals surface area contributed by atoms with Crippen LogP contribution in [0, 0.1) is 0 Å². The molecule has 2 rings (SSSR count). The molecule has 106 valence electrons. The first-order valence-corrected chi connectivity index (χ1v) is 7.16. The maximum absolute atomic E-state index is 11.8. The fourth-order valence-corrected chi connectivity index (χ4v) is 2.44. The average molecular weight is 295 g/mol. The zero-order valence-corrected chi connectivity index (χ0v) is 11.5. The van der Waals surface area contributed by atoms with Crippen molar-refractivity contribution in [1.82, 2.24) is 14.7 Å². The molecule has 2 N–H and O–H groups in total. The van der Waals surface area contributed by atoms with Gasteiger partial charge in [-0.25, -0.2) is 22.9 Å². The predicted octanol–water partition coefficient (Wildman–Crippen LogP) is 0.675. The zero-order valence-electron chi connectivity index (χ0n) is 10.7. The molecular formula is C12H13N3O4S. The van der Waals surface area contributed by atoms with Gasteiger partial charge >= 0.3 is 5.97 Å². The summed E-state index contributed by atoms with van der Waals surface area (Å²) in [6.45, 7) is 0.114. The number of methoxy groups -OCH3 is 1. The minimum atomic E-state index is -3.61. The number of carbonyl (C=O) groups excluding carboxylic acids is 1. The predicted molar refractivity (Wildman–Crippen MR) is 70.4 cm³/mol. The second kappa shape index (κ2) is 5.85. The molecule has 0 spiro atoms. The standard InChI is InChI=1S/C12H13N3O4S/c1-19-12(16)10-4-2-9(3-5-10)6-15-20(17,18)11-7-13-8-14-11/h2-5,7-8,15H,6H2,1H3,(H,13,14). The van der Waals surface area contributed by atoms with Crippen molar-refractivity contribution in [2.24, 2.45) is 0 Å². The Morgan fingerprint density at radius 3 is 2.60 bits per heavy atom. The largest absolute Gasteiger partial charge is 0.465 e. The van der Waals surface area contributed by atoms with Gasteiger partial charge in [-0.2, -0.15) is 0 Å². The van der Waals surface area contributed by atoms with Crippen molar-refractivity contribution in [3.8, 4) is 0 Å². The van der Waals surface area contributed by atoms with Crippen LogP contribution in [-0.4, -0.2) is 31.5 Å². The molecule has 0 saturated heterocycles. The third kappa shape index (κ3) is 3.22. The van der Waals surface area contributed by atoms with E-state index in [0.717, 1.165) is 5.56 Å². The van der Waals surface area contributed by atoms with E-state index in [1.54, 1.807) is 24.3 Å². The van der Waals surface area contributed by atoms with E-state index in [1.807, 2.05) is 0 Å². The van der Waals surface area contributed by atoms with E-state index in [9.17, 15) is 13.2 Å². The maximum Gasteiger partial charge on any atom is 0.337 e. The number of hydrogen-bond donors (Lipinski definition) is 2. The van der Waals surface area contributed by atoms with Crippen LogP contribution in [0.3, 0.4) is 0 Å². The van der Waals surface area contributed by atoms with E-state index in [2.05, 4.69) is 19.4 Å². The summed E-state index contributed by atoms with van der Waals surface area (Å²) in [6.07, 6.45) is 2.52. The molecule has 0 radical (unpaired) electrons. The van der Waals surface area contributed by atoms with Crippen LogP contribution in [0.1, 0.15) is 15.9 Å². The van der Waals surface area contributed by atoms with Crippen LogP contribution in [0.4, 0.5) is 0 Å².